The number of hydrogen-bond acceptors (Lipinski definition) is 6. The molecule has 144 valence electrons. The molecule has 0 aliphatic carbocycles. The van der Waals surface area contributed by atoms with Gasteiger partial charge in [0, 0.05) is 18.7 Å². The highest BCUT2D eigenvalue weighted by atomic mass is 32.1. The Morgan fingerprint density at radius 2 is 2.21 bits per heavy atom. The molecule has 28 heavy (non-hydrogen) atoms. The van der Waals surface area contributed by atoms with Crippen molar-refractivity contribution in [1.29, 1.82) is 0 Å². The van der Waals surface area contributed by atoms with Gasteiger partial charge in [-0.15, -0.1) is 0 Å². The van der Waals surface area contributed by atoms with E-state index in [1.54, 1.807) is 24.3 Å². The molecule has 9 heteroatoms. The minimum absolute atomic E-state index is 0.0222. The molecule has 1 aliphatic heterocycles. The van der Waals surface area contributed by atoms with E-state index >= 15 is 0 Å². The van der Waals surface area contributed by atoms with Gasteiger partial charge < -0.3 is 10.6 Å². The molecule has 0 spiro atoms. The molecular weight excluding hydrogens is 378 g/mol. The van der Waals surface area contributed by atoms with Crippen LogP contribution in [0.1, 0.15) is 57.9 Å². The van der Waals surface area contributed by atoms with Crippen molar-refractivity contribution in [2.24, 2.45) is 0 Å². The molecular formula is C19H19N5O3S. The van der Waals surface area contributed by atoms with Crippen molar-refractivity contribution in [2.75, 3.05) is 0 Å². The van der Waals surface area contributed by atoms with E-state index in [-0.39, 0.29) is 35.4 Å². The zero-order valence-corrected chi connectivity index (χ0v) is 16.2. The molecule has 2 atom stereocenters. The van der Waals surface area contributed by atoms with Gasteiger partial charge in [0.25, 0.3) is 5.91 Å². The van der Waals surface area contributed by atoms with Crippen LogP contribution in [0.4, 0.5) is 0 Å². The van der Waals surface area contributed by atoms with Crippen LogP contribution in [0.2, 0.25) is 0 Å². The largest absolute Gasteiger partial charge is 0.347 e. The van der Waals surface area contributed by atoms with Gasteiger partial charge >= 0.3 is 0 Å². The lowest BCUT2D eigenvalue weighted by atomic mass is 9.93. The summed E-state index contributed by atoms with van der Waals surface area (Å²) in [5.41, 5.74) is 2.80. The molecule has 2 N–H and O–H groups in total. The second kappa shape index (κ2) is 7.16. The average Bonchev–Trinajstić information content (AvgIpc) is 3.33. The number of hydrogen-bond donors (Lipinski definition) is 2. The number of fused-ring (bicyclic) bond motifs is 1. The van der Waals surface area contributed by atoms with E-state index in [0.29, 0.717) is 29.7 Å². The van der Waals surface area contributed by atoms with E-state index < -0.39 is 0 Å². The molecule has 0 aromatic carbocycles. The first-order valence-corrected chi connectivity index (χ1v) is 9.87. The highest BCUT2D eigenvalue weighted by Crippen LogP contribution is 2.26. The minimum Gasteiger partial charge on any atom is -0.347 e. The summed E-state index contributed by atoms with van der Waals surface area (Å²) in [6, 6.07) is 3.04. The minimum atomic E-state index is -0.337. The molecule has 0 saturated carbocycles. The Bertz CT molecular complexity index is 1070. The molecule has 1 fully saturated rings. The number of nitrogens with zero attached hydrogens (tertiary/aromatic N) is 3. The van der Waals surface area contributed by atoms with Crippen LogP contribution in [0.3, 0.4) is 0 Å². The lowest BCUT2D eigenvalue weighted by Gasteiger charge is -2.32. The Morgan fingerprint density at radius 3 is 2.93 bits per heavy atom. The van der Waals surface area contributed by atoms with Gasteiger partial charge in [-0.1, -0.05) is 0 Å². The molecule has 3 aromatic rings. The quantitative estimate of drug-likeness (QED) is 0.656. The zero-order valence-electron chi connectivity index (χ0n) is 15.4. The van der Waals surface area contributed by atoms with Crippen LogP contribution in [0.5, 0.6) is 0 Å². The number of carbonyl (C=O) groups is 3. The van der Waals surface area contributed by atoms with Crippen molar-refractivity contribution in [3.63, 3.8) is 0 Å². The third kappa shape index (κ3) is 3.29. The van der Waals surface area contributed by atoms with Crippen LogP contribution in [0.15, 0.2) is 29.1 Å². The first kappa shape index (κ1) is 18.3. The highest BCUT2D eigenvalue weighted by Gasteiger charge is 2.32. The molecule has 2 amide bonds. The van der Waals surface area contributed by atoms with Crippen LogP contribution in [-0.4, -0.2) is 38.2 Å². The van der Waals surface area contributed by atoms with E-state index in [4.69, 9.17) is 0 Å². The lowest BCUT2D eigenvalue weighted by molar-refractivity contribution is -0.123. The Labute approximate surface area is 165 Å². The fourth-order valence-electron chi connectivity index (χ4n) is 3.47. The van der Waals surface area contributed by atoms with Crippen LogP contribution in [0, 0.1) is 6.92 Å². The van der Waals surface area contributed by atoms with E-state index in [0.717, 1.165) is 5.56 Å². The molecule has 4 rings (SSSR count). The molecule has 1 aliphatic rings. The second-order valence-corrected chi connectivity index (χ2v) is 7.61. The summed E-state index contributed by atoms with van der Waals surface area (Å²) in [6.07, 6.45) is 2.41. The summed E-state index contributed by atoms with van der Waals surface area (Å²) in [5, 5.41) is 14.2. The van der Waals surface area contributed by atoms with Crippen molar-refractivity contribution in [2.45, 2.75) is 38.8 Å². The van der Waals surface area contributed by atoms with Gasteiger partial charge in [-0.2, -0.15) is 16.4 Å². The Kier molecular flexibility index (Phi) is 4.68. The number of rotatable bonds is 4. The number of carbonyl (C=O) groups excluding carboxylic acids is 3. The second-order valence-electron chi connectivity index (χ2n) is 6.83. The number of nitrogens with one attached hydrogen (secondary N) is 2. The van der Waals surface area contributed by atoms with E-state index in [9.17, 15) is 14.4 Å². The van der Waals surface area contributed by atoms with Gasteiger partial charge in [0.1, 0.15) is 0 Å². The zero-order chi connectivity index (χ0) is 19.8. The first-order chi connectivity index (χ1) is 13.4. The third-order valence-corrected chi connectivity index (χ3v) is 5.66. The maximum absolute atomic E-state index is 12.8. The standard InChI is InChI=1S/C19H19N5O3S/c1-10-13(11(2)25)8-20-16-7-15(23-24(10)16)19(27)21-14-3-4-17(26)22-18(14)12-5-6-28-9-12/h5-9,14,18H,3-4H2,1-2H3,(H,21,27)(H,22,26)/t14-,18+/m1/s1. The maximum Gasteiger partial charge on any atom is 0.272 e. The number of Topliss-reactive ketones (excluding diaryl/α,β-unsaturated/α-hetero) is 1. The Balaban J connectivity index is 1.60. The van der Waals surface area contributed by atoms with Crippen molar-refractivity contribution in [3.05, 3.63) is 51.6 Å². The number of thiophene rings is 1. The predicted molar refractivity (Wildman–Crippen MR) is 103 cm³/mol. The summed E-state index contributed by atoms with van der Waals surface area (Å²) in [7, 11) is 0. The average molecular weight is 397 g/mol. The number of ketones is 1. The van der Waals surface area contributed by atoms with E-state index in [2.05, 4.69) is 20.7 Å². The van der Waals surface area contributed by atoms with E-state index in [1.165, 1.54) is 17.6 Å². The van der Waals surface area contributed by atoms with Crippen molar-refractivity contribution in [1.82, 2.24) is 25.2 Å². The van der Waals surface area contributed by atoms with Crippen LogP contribution in [-0.2, 0) is 4.79 Å². The lowest BCUT2D eigenvalue weighted by Crippen LogP contribution is -2.50. The van der Waals surface area contributed by atoms with Gasteiger partial charge in [0.05, 0.1) is 23.3 Å². The smallest absolute Gasteiger partial charge is 0.272 e. The fourth-order valence-corrected chi connectivity index (χ4v) is 4.17. The van der Waals surface area contributed by atoms with Crippen LogP contribution < -0.4 is 10.6 Å². The number of amides is 2. The number of piperidine rings is 1. The number of aryl methyl sites for hydroxylation is 1. The maximum atomic E-state index is 12.8. The van der Waals surface area contributed by atoms with Gasteiger partial charge in [0.15, 0.2) is 17.1 Å². The summed E-state index contributed by atoms with van der Waals surface area (Å²) in [5.74, 6) is -0.466. The van der Waals surface area contributed by atoms with Crippen molar-refractivity contribution < 1.29 is 14.4 Å². The normalized spacial score (nSPS) is 19.4. The SMILES string of the molecule is CC(=O)c1cnc2cc(C(=O)N[C@@H]3CCC(=O)N[C@H]3c3ccsc3)nn2c1C. The summed E-state index contributed by atoms with van der Waals surface area (Å²) < 4.78 is 1.50. The van der Waals surface area contributed by atoms with Crippen LogP contribution in [0.25, 0.3) is 5.65 Å². The highest BCUT2D eigenvalue weighted by molar-refractivity contribution is 7.08. The summed E-state index contributed by atoms with van der Waals surface area (Å²) in [6.45, 7) is 3.23. The summed E-state index contributed by atoms with van der Waals surface area (Å²) in [4.78, 5) is 40.6. The predicted octanol–water partition coefficient (Wildman–Crippen LogP) is 2.05. The van der Waals surface area contributed by atoms with Gasteiger partial charge in [-0.05, 0) is 42.7 Å². The molecule has 1 saturated heterocycles. The van der Waals surface area contributed by atoms with Crippen molar-refractivity contribution >= 4 is 34.6 Å². The van der Waals surface area contributed by atoms with Crippen LogP contribution >= 0.6 is 11.3 Å². The third-order valence-electron chi connectivity index (χ3n) is 4.96. The van der Waals surface area contributed by atoms with Gasteiger partial charge in [0.2, 0.25) is 5.91 Å². The molecule has 3 aromatic heterocycles. The topological polar surface area (TPSA) is 105 Å². The Morgan fingerprint density at radius 1 is 1.39 bits per heavy atom. The molecule has 0 unspecified atom stereocenters. The summed E-state index contributed by atoms with van der Waals surface area (Å²) >= 11 is 1.54. The molecule has 8 nitrogen and oxygen atoms in total. The number of aromatic nitrogens is 3. The molecule has 4 heterocycles. The first-order valence-electron chi connectivity index (χ1n) is 8.92. The van der Waals surface area contributed by atoms with Crippen molar-refractivity contribution in [3.8, 4) is 0 Å². The van der Waals surface area contributed by atoms with Gasteiger partial charge in [-0.25, -0.2) is 9.50 Å². The Hall–Kier alpha value is -3.07. The molecule has 0 radical (unpaired) electrons. The monoisotopic (exact) mass is 397 g/mol. The molecule has 0 bridgehead atoms. The van der Waals surface area contributed by atoms with Gasteiger partial charge in [-0.3, -0.25) is 14.4 Å². The fraction of sp³-hybridized carbons (Fsp3) is 0.316. The van der Waals surface area contributed by atoms with E-state index in [1.807, 2.05) is 16.8 Å².